The number of amides is 3. The predicted molar refractivity (Wildman–Crippen MR) is 116 cm³/mol. The molecule has 0 bridgehead atoms. The average molecular weight is 441 g/mol. The van der Waals surface area contributed by atoms with Crippen molar-refractivity contribution in [3.8, 4) is 10.6 Å². The molecule has 1 aromatic heterocycles. The molecule has 7 nitrogen and oxygen atoms in total. The third-order valence-corrected chi connectivity index (χ3v) is 5.44. The highest BCUT2D eigenvalue weighted by atomic mass is 32.1. The second-order valence-corrected chi connectivity index (χ2v) is 7.76. The standard InChI is InChI=1S/C22H21FN4O3S/c23-16-9-5-4-8-15(16)22-26-13-18(31-22)21(30)27-17(12-14-6-2-1-3-7-14)20(29)25-11-10-19(24)28/h1-9,13,17H,10-12H2,(H2,24,28)(H,25,29)(H,27,30)/t17-/m1/s1. The largest absolute Gasteiger partial charge is 0.370 e. The minimum Gasteiger partial charge on any atom is -0.370 e. The first kappa shape index (κ1) is 22.1. The molecular formula is C22H21FN4O3S. The van der Waals surface area contributed by atoms with Crippen LogP contribution in [0.4, 0.5) is 4.39 Å². The van der Waals surface area contributed by atoms with Gasteiger partial charge in [-0.3, -0.25) is 14.4 Å². The van der Waals surface area contributed by atoms with Crippen molar-refractivity contribution in [1.29, 1.82) is 0 Å². The third-order valence-electron chi connectivity index (χ3n) is 4.41. The summed E-state index contributed by atoms with van der Waals surface area (Å²) in [6.07, 6.45) is 1.61. The van der Waals surface area contributed by atoms with Crippen LogP contribution in [-0.4, -0.2) is 35.3 Å². The van der Waals surface area contributed by atoms with E-state index >= 15 is 0 Å². The number of nitrogens with two attached hydrogens (primary N) is 1. The van der Waals surface area contributed by atoms with Gasteiger partial charge in [-0.15, -0.1) is 11.3 Å². The number of hydrogen-bond acceptors (Lipinski definition) is 5. The molecule has 1 heterocycles. The lowest BCUT2D eigenvalue weighted by molar-refractivity contribution is -0.123. The fourth-order valence-corrected chi connectivity index (χ4v) is 3.71. The Morgan fingerprint density at radius 3 is 2.48 bits per heavy atom. The molecule has 0 radical (unpaired) electrons. The smallest absolute Gasteiger partial charge is 0.263 e. The van der Waals surface area contributed by atoms with Crippen LogP contribution in [0.5, 0.6) is 0 Å². The van der Waals surface area contributed by atoms with E-state index in [0.29, 0.717) is 10.6 Å². The highest BCUT2D eigenvalue weighted by molar-refractivity contribution is 7.16. The molecule has 9 heteroatoms. The summed E-state index contributed by atoms with van der Waals surface area (Å²) in [7, 11) is 0. The Morgan fingerprint density at radius 1 is 1.06 bits per heavy atom. The number of rotatable bonds is 9. The number of nitrogens with zero attached hydrogens (tertiary/aromatic N) is 1. The molecule has 0 aliphatic carbocycles. The third kappa shape index (κ3) is 6.19. The van der Waals surface area contributed by atoms with Crippen LogP contribution in [0.25, 0.3) is 10.6 Å². The number of primary amides is 1. The number of nitrogens with one attached hydrogen (secondary N) is 2. The van der Waals surface area contributed by atoms with Crippen LogP contribution in [0.2, 0.25) is 0 Å². The summed E-state index contributed by atoms with van der Waals surface area (Å²) in [6, 6.07) is 14.5. The minimum absolute atomic E-state index is 0.00140. The molecule has 0 saturated heterocycles. The maximum Gasteiger partial charge on any atom is 0.263 e. The van der Waals surface area contributed by atoms with Crippen molar-refractivity contribution in [3.63, 3.8) is 0 Å². The van der Waals surface area contributed by atoms with Crippen LogP contribution in [-0.2, 0) is 16.0 Å². The Bertz CT molecular complexity index is 1070. The summed E-state index contributed by atoms with van der Waals surface area (Å²) >= 11 is 1.03. The lowest BCUT2D eigenvalue weighted by Crippen LogP contribution is -2.48. The maximum absolute atomic E-state index is 14.0. The van der Waals surface area contributed by atoms with Gasteiger partial charge in [-0.05, 0) is 17.7 Å². The van der Waals surface area contributed by atoms with Gasteiger partial charge in [0.15, 0.2) is 0 Å². The van der Waals surface area contributed by atoms with Crippen molar-refractivity contribution in [2.24, 2.45) is 5.73 Å². The number of benzene rings is 2. The lowest BCUT2D eigenvalue weighted by atomic mass is 10.1. The average Bonchev–Trinajstić information content (AvgIpc) is 3.24. The summed E-state index contributed by atoms with van der Waals surface area (Å²) in [5.74, 6) is -1.89. The van der Waals surface area contributed by atoms with Crippen molar-refractivity contribution in [2.45, 2.75) is 18.9 Å². The molecule has 31 heavy (non-hydrogen) atoms. The second-order valence-electron chi connectivity index (χ2n) is 6.73. The topological polar surface area (TPSA) is 114 Å². The first-order valence-corrected chi connectivity index (χ1v) is 10.4. The van der Waals surface area contributed by atoms with E-state index in [-0.39, 0.29) is 24.3 Å². The fraction of sp³-hybridized carbons (Fsp3) is 0.182. The van der Waals surface area contributed by atoms with Crippen LogP contribution >= 0.6 is 11.3 Å². The minimum atomic E-state index is -0.873. The van der Waals surface area contributed by atoms with E-state index in [1.807, 2.05) is 30.3 Å². The van der Waals surface area contributed by atoms with Gasteiger partial charge in [-0.1, -0.05) is 42.5 Å². The fourth-order valence-electron chi connectivity index (χ4n) is 2.86. The van der Waals surface area contributed by atoms with Gasteiger partial charge in [0.25, 0.3) is 5.91 Å². The van der Waals surface area contributed by atoms with Crippen molar-refractivity contribution >= 4 is 29.1 Å². The van der Waals surface area contributed by atoms with E-state index in [1.165, 1.54) is 12.3 Å². The highest BCUT2D eigenvalue weighted by Gasteiger charge is 2.23. The predicted octanol–water partition coefficient (Wildman–Crippen LogP) is 2.28. The van der Waals surface area contributed by atoms with E-state index in [2.05, 4.69) is 15.6 Å². The van der Waals surface area contributed by atoms with Crippen molar-refractivity contribution < 1.29 is 18.8 Å². The van der Waals surface area contributed by atoms with Gasteiger partial charge in [0.05, 0.1) is 6.20 Å². The van der Waals surface area contributed by atoms with E-state index in [0.717, 1.165) is 16.9 Å². The molecule has 4 N–H and O–H groups in total. The number of carbonyl (C=O) groups is 3. The molecular weight excluding hydrogens is 419 g/mol. The number of aromatic nitrogens is 1. The molecule has 160 valence electrons. The Morgan fingerprint density at radius 2 is 1.77 bits per heavy atom. The van der Waals surface area contributed by atoms with Gasteiger partial charge in [-0.2, -0.15) is 0 Å². The normalized spacial score (nSPS) is 11.5. The van der Waals surface area contributed by atoms with Crippen LogP contribution in [0, 0.1) is 5.82 Å². The molecule has 0 unspecified atom stereocenters. The highest BCUT2D eigenvalue weighted by Crippen LogP contribution is 2.27. The summed E-state index contributed by atoms with van der Waals surface area (Å²) in [6.45, 7) is 0.0767. The molecule has 3 aromatic rings. The van der Waals surface area contributed by atoms with Crippen molar-refractivity contribution in [2.75, 3.05) is 6.54 Å². The maximum atomic E-state index is 14.0. The van der Waals surface area contributed by atoms with Gasteiger partial charge in [0, 0.05) is 24.9 Å². The van der Waals surface area contributed by atoms with Gasteiger partial charge >= 0.3 is 0 Å². The lowest BCUT2D eigenvalue weighted by Gasteiger charge is -2.18. The van der Waals surface area contributed by atoms with Gasteiger partial charge < -0.3 is 16.4 Å². The first-order chi connectivity index (χ1) is 14.9. The van der Waals surface area contributed by atoms with Gasteiger partial charge in [0.2, 0.25) is 11.8 Å². The molecule has 2 aromatic carbocycles. The van der Waals surface area contributed by atoms with Gasteiger partial charge in [0.1, 0.15) is 21.7 Å². The van der Waals surface area contributed by atoms with Gasteiger partial charge in [-0.25, -0.2) is 9.37 Å². The zero-order valence-corrected chi connectivity index (χ0v) is 17.3. The molecule has 3 amide bonds. The summed E-state index contributed by atoms with van der Waals surface area (Å²) in [4.78, 5) is 40.7. The zero-order valence-electron chi connectivity index (χ0n) is 16.5. The van der Waals surface area contributed by atoms with E-state index in [1.54, 1.807) is 18.2 Å². The Kier molecular flexibility index (Phi) is 7.45. The first-order valence-electron chi connectivity index (χ1n) is 9.55. The summed E-state index contributed by atoms with van der Waals surface area (Å²) < 4.78 is 14.0. The molecule has 0 spiro atoms. The quantitative estimate of drug-likeness (QED) is 0.474. The second kappa shape index (κ2) is 10.4. The van der Waals surface area contributed by atoms with Crippen LogP contribution in [0.15, 0.2) is 60.8 Å². The van der Waals surface area contributed by atoms with Crippen molar-refractivity contribution in [3.05, 3.63) is 77.1 Å². The van der Waals surface area contributed by atoms with Crippen molar-refractivity contribution in [1.82, 2.24) is 15.6 Å². The Hall–Kier alpha value is -3.59. The Labute approximate surface area is 182 Å². The molecule has 1 atom stereocenters. The number of thiazole rings is 1. The number of halogens is 1. The summed E-state index contributed by atoms with van der Waals surface area (Å²) in [5.41, 5.74) is 6.26. The summed E-state index contributed by atoms with van der Waals surface area (Å²) in [5, 5.41) is 5.69. The zero-order chi connectivity index (χ0) is 22.2. The SMILES string of the molecule is NC(=O)CCNC(=O)[C@@H](Cc1ccccc1)NC(=O)c1cnc(-c2ccccc2F)s1. The Balaban J connectivity index is 1.73. The van der Waals surface area contributed by atoms with E-state index < -0.39 is 29.6 Å². The van der Waals surface area contributed by atoms with E-state index in [4.69, 9.17) is 5.73 Å². The molecule has 0 aliphatic heterocycles. The van der Waals surface area contributed by atoms with E-state index in [9.17, 15) is 18.8 Å². The van der Waals surface area contributed by atoms with Crippen LogP contribution in [0.1, 0.15) is 21.7 Å². The van der Waals surface area contributed by atoms with Crippen LogP contribution < -0.4 is 16.4 Å². The molecule has 3 rings (SSSR count). The number of carbonyl (C=O) groups excluding carboxylic acids is 3. The monoisotopic (exact) mass is 440 g/mol. The molecule has 0 fully saturated rings. The van der Waals surface area contributed by atoms with Crippen LogP contribution in [0.3, 0.4) is 0 Å². The number of hydrogen-bond donors (Lipinski definition) is 3. The molecule has 0 aliphatic rings. The molecule has 0 saturated carbocycles.